The van der Waals surface area contributed by atoms with Crippen LogP contribution in [0, 0.1) is 0 Å². The Kier molecular flexibility index (Phi) is 4.09. The number of hydrogen-bond acceptors (Lipinski definition) is 5. The van der Waals surface area contributed by atoms with Crippen molar-refractivity contribution in [3.05, 3.63) is 11.4 Å². The monoisotopic (exact) mass is 321 g/mol. The van der Waals surface area contributed by atoms with Crippen LogP contribution in [0.15, 0.2) is 0 Å². The van der Waals surface area contributed by atoms with E-state index in [1.54, 1.807) is 9.58 Å². The number of aliphatic hydroxyl groups is 1. The fourth-order valence-corrected chi connectivity index (χ4v) is 3.10. The van der Waals surface area contributed by atoms with E-state index in [-0.39, 0.29) is 30.8 Å². The molecule has 0 unspecified atom stereocenters. The molecule has 2 amide bonds. The van der Waals surface area contributed by atoms with Gasteiger partial charge in [0.25, 0.3) is 5.91 Å². The van der Waals surface area contributed by atoms with Crippen molar-refractivity contribution < 1.29 is 14.7 Å². The highest BCUT2D eigenvalue weighted by atomic mass is 16.3. The van der Waals surface area contributed by atoms with Gasteiger partial charge in [0.15, 0.2) is 5.69 Å². The highest BCUT2D eigenvalue weighted by Gasteiger charge is 2.36. The van der Waals surface area contributed by atoms with E-state index in [0.29, 0.717) is 37.3 Å². The highest BCUT2D eigenvalue weighted by Crippen LogP contribution is 2.34. The molecular weight excluding hydrogens is 298 g/mol. The number of nitrogens with zero attached hydrogens (tertiary/aromatic N) is 4. The SMILES string of the molecule is CC(C)N1CCn2nnc(CNC(=O)CC3(O)CCC3)c2C1=O. The molecule has 1 aromatic heterocycles. The lowest BCUT2D eigenvalue weighted by atomic mass is 9.78. The van der Waals surface area contributed by atoms with E-state index in [9.17, 15) is 14.7 Å². The number of nitrogens with one attached hydrogen (secondary N) is 1. The Morgan fingerprint density at radius 2 is 2.13 bits per heavy atom. The molecule has 0 radical (unpaired) electrons. The van der Waals surface area contributed by atoms with Crippen LogP contribution in [0.25, 0.3) is 0 Å². The molecule has 1 aliphatic carbocycles. The van der Waals surface area contributed by atoms with Gasteiger partial charge < -0.3 is 15.3 Å². The second-order valence-corrected chi connectivity index (χ2v) is 6.73. The summed E-state index contributed by atoms with van der Waals surface area (Å²) >= 11 is 0. The molecule has 1 saturated carbocycles. The second kappa shape index (κ2) is 5.92. The molecule has 1 aliphatic heterocycles. The van der Waals surface area contributed by atoms with Gasteiger partial charge in [0.1, 0.15) is 5.69 Å². The van der Waals surface area contributed by atoms with Gasteiger partial charge in [0.05, 0.1) is 25.1 Å². The third-order valence-corrected chi connectivity index (χ3v) is 4.67. The predicted octanol–water partition coefficient (Wildman–Crippen LogP) is 0.0636. The Morgan fingerprint density at radius 3 is 2.74 bits per heavy atom. The molecule has 1 fully saturated rings. The summed E-state index contributed by atoms with van der Waals surface area (Å²) in [5.74, 6) is -0.323. The van der Waals surface area contributed by atoms with E-state index in [2.05, 4.69) is 15.6 Å². The van der Waals surface area contributed by atoms with Gasteiger partial charge in [-0.25, -0.2) is 4.68 Å². The zero-order valence-electron chi connectivity index (χ0n) is 13.6. The van der Waals surface area contributed by atoms with Crippen molar-refractivity contribution >= 4 is 11.8 Å². The van der Waals surface area contributed by atoms with Crippen molar-refractivity contribution in [1.82, 2.24) is 25.2 Å². The molecule has 8 nitrogen and oxygen atoms in total. The molecule has 8 heteroatoms. The van der Waals surface area contributed by atoms with Gasteiger partial charge in [-0.1, -0.05) is 5.21 Å². The van der Waals surface area contributed by atoms with Crippen molar-refractivity contribution in [3.63, 3.8) is 0 Å². The molecule has 1 aromatic rings. The van der Waals surface area contributed by atoms with Crippen LogP contribution in [-0.4, -0.2) is 55.0 Å². The first-order valence-corrected chi connectivity index (χ1v) is 8.12. The lowest BCUT2D eigenvalue weighted by molar-refractivity contribution is -0.130. The maximum atomic E-state index is 12.5. The first-order valence-electron chi connectivity index (χ1n) is 8.12. The van der Waals surface area contributed by atoms with E-state index >= 15 is 0 Å². The summed E-state index contributed by atoms with van der Waals surface area (Å²) in [5.41, 5.74) is 0.0853. The standard InChI is InChI=1S/C15H23N5O3/c1-10(2)19-6-7-20-13(14(19)22)11(17-18-20)9-16-12(21)8-15(23)4-3-5-15/h10,23H,3-9H2,1-2H3,(H,16,21). The minimum absolute atomic E-state index is 0.0990. The lowest BCUT2D eigenvalue weighted by Gasteiger charge is -2.35. The maximum absolute atomic E-state index is 12.5. The van der Waals surface area contributed by atoms with E-state index in [1.165, 1.54) is 0 Å². The Morgan fingerprint density at radius 1 is 1.39 bits per heavy atom. The zero-order chi connectivity index (χ0) is 16.6. The third-order valence-electron chi connectivity index (χ3n) is 4.67. The number of amides is 2. The van der Waals surface area contributed by atoms with Gasteiger partial charge in [-0.3, -0.25) is 9.59 Å². The highest BCUT2D eigenvalue weighted by molar-refractivity contribution is 5.94. The molecule has 2 N–H and O–H groups in total. The quantitative estimate of drug-likeness (QED) is 0.799. The summed E-state index contributed by atoms with van der Waals surface area (Å²) in [6.07, 6.45) is 2.40. The van der Waals surface area contributed by atoms with Crippen LogP contribution in [0.3, 0.4) is 0 Å². The molecule has 2 heterocycles. The van der Waals surface area contributed by atoms with Gasteiger partial charge >= 0.3 is 0 Å². The van der Waals surface area contributed by atoms with E-state index < -0.39 is 5.60 Å². The van der Waals surface area contributed by atoms with E-state index in [1.807, 2.05) is 13.8 Å². The van der Waals surface area contributed by atoms with Crippen LogP contribution in [0.5, 0.6) is 0 Å². The van der Waals surface area contributed by atoms with E-state index in [0.717, 1.165) is 6.42 Å². The maximum Gasteiger partial charge on any atom is 0.274 e. The first kappa shape index (κ1) is 15.9. The van der Waals surface area contributed by atoms with Gasteiger partial charge in [-0.15, -0.1) is 5.10 Å². The van der Waals surface area contributed by atoms with Gasteiger partial charge in [0, 0.05) is 12.6 Å². The van der Waals surface area contributed by atoms with Crippen LogP contribution in [0.1, 0.15) is 55.7 Å². The fraction of sp³-hybridized carbons (Fsp3) is 0.733. The smallest absolute Gasteiger partial charge is 0.274 e. The Hall–Kier alpha value is -1.96. The summed E-state index contributed by atoms with van der Waals surface area (Å²) < 4.78 is 1.60. The molecule has 3 rings (SSSR count). The number of rotatable bonds is 5. The van der Waals surface area contributed by atoms with Crippen molar-refractivity contribution in [2.24, 2.45) is 0 Å². The second-order valence-electron chi connectivity index (χ2n) is 6.73. The molecule has 0 atom stereocenters. The molecule has 2 aliphatic rings. The molecule has 0 aromatic carbocycles. The van der Waals surface area contributed by atoms with Crippen molar-refractivity contribution in [3.8, 4) is 0 Å². The van der Waals surface area contributed by atoms with Gasteiger partial charge in [-0.05, 0) is 33.1 Å². The van der Waals surface area contributed by atoms with Crippen molar-refractivity contribution in [2.75, 3.05) is 6.54 Å². The Bertz CT molecular complexity index is 621. The van der Waals surface area contributed by atoms with Crippen molar-refractivity contribution in [1.29, 1.82) is 0 Å². The zero-order valence-corrected chi connectivity index (χ0v) is 13.6. The minimum atomic E-state index is -0.847. The van der Waals surface area contributed by atoms with Crippen molar-refractivity contribution in [2.45, 2.75) is 64.3 Å². The topological polar surface area (TPSA) is 100 Å². The average Bonchev–Trinajstić information content (AvgIpc) is 2.87. The fourth-order valence-electron chi connectivity index (χ4n) is 3.10. The summed E-state index contributed by atoms with van der Waals surface area (Å²) in [5, 5.41) is 20.8. The van der Waals surface area contributed by atoms with Gasteiger partial charge in [0.2, 0.25) is 5.91 Å². The summed E-state index contributed by atoms with van der Waals surface area (Å²) in [6.45, 7) is 5.32. The number of hydrogen-bond donors (Lipinski definition) is 2. The molecule has 23 heavy (non-hydrogen) atoms. The third kappa shape index (κ3) is 3.08. The van der Waals surface area contributed by atoms with Crippen LogP contribution < -0.4 is 5.32 Å². The van der Waals surface area contributed by atoms with Crippen LogP contribution >= 0.6 is 0 Å². The average molecular weight is 321 g/mol. The number of fused-ring (bicyclic) bond motifs is 1. The van der Waals surface area contributed by atoms with Crippen LogP contribution in [-0.2, 0) is 17.9 Å². The molecule has 0 spiro atoms. The van der Waals surface area contributed by atoms with Crippen LogP contribution in [0.2, 0.25) is 0 Å². The number of carbonyl (C=O) groups excluding carboxylic acids is 2. The first-order chi connectivity index (χ1) is 10.9. The summed E-state index contributed by atoms with van der Waals surface area (Å²) in [7, 11) is 0. The summed E-state index contributed by atoms with van der Waals surface area (Å²) in [6, 6.07) is 0.112. The predicted molar refractivity (Wildman–Crippen MR) is 81.5 cm³/mol. The Balaban J connectivity index is 1.65. The Labute approximate surface area is 134 Å². The lowest BCUT2D eigenvalue weighted by Crippen LogP contribution is -2.45. The normalized spacial score (nSPS) is 19.5. The van der Waals surface area contributed by atoms with Gasteiger partial charge in [-0.2, -0.15) is 0 Å². The van der Waals surface area contributed by atoms with Crippen LogP contribution in [0.4, 0.5) is 0 Å². The molecular formula is C15H23N5O3. The number of carbonyl (C=O) groups is 2. The molecule has 0 saturated heterocycles. The molecule has 126 valence electrons. The number of aromatic nitrogens is 3. The minimum Gasteiger partial charge on any atom is -0.389 e. The summed E-state index contributed by atoms with van der Waals surface area (Å²) in [4.78, 5) is 26.3. The largest absolute Gasteiger partial charge is 0.389 e. The molecule has 0 bridgehead atoms. The van der Waals surface area contributed by atoms with E-state index in [4.69, 9.17) is 0 Å².